The van der Waals surface area contributed by atoms with E-state index in [4.69, 9.17) is 4.74 Å². The minimum absolute atomic E-state index is 0. The van der Waals surface area contributed by atoms with Gasteiger partial charge in [0.15, 0.2) is 0 Å². The van der Waals surface area contributed by atoms with Crippen molar-refractivity contribution < 1.29 is 14.6 Å². The van der Waals surface area contributed by atoms with E-state index in [1.165, 1.54) is 13.3 Å². The molecule has 1 aromatic heterocycles. The number of carbonyl (C=O) groups excluding carboxylic acids is 1. The average Bonchev–Trinajstić information content (AvgIpc) is 2.49. The van der Waals surface area contributed by atoms with Gasteiger partial charge >= 0.3 is 6.03 Å². The van der Waals surface area contributed by atoms with Gasteiger partial charge in [-0.2, -0.15) is 0 Å². The van der Waals surface area contributed by atoms with Crippen LogP contribution in [0.15, 0.2) is 36.7 Å². The molecule has 7 heteroatoms. The molecule has 2 amide bonds. The van der Waals surface area contributed by atoms with Crippen molar-refractivity contribution in [1.82, 2.24) is 4.98 Å². The predicted octanol–water partition coefficient (Wildman–Crippen LogP) is 4.16. The zero-order valence-electron chi connectivity index (χ0n) is 14.1. The summed E-state index contributed by atoms with van der Waals surface area (Å²) in [6.07, 6.45) is 3.15. The largest absolute Gasteiger partial charge is 0.505 e. The van der Waals surface area contributed by atoms with E-state index < -0.39 is 6.03 Å². The first kappa shape index (κ1) is 19.6. The number of phenolic OH excluding ortho intramolecular Hbond substituents is 1. The molecule has 0 aliphatic carbocycles. The second kappa shape index (κ2) is 7.88. The molecule has 0 radical (unpaired) electrons. The fourth-order valence-corrected chi connectivity index (χ4v) is 2.11. The predicted molar refractivity (Wildman–Crippen MR) is 97.5 cm³/mol. The van der Waals surface area contributed by atoms with Crippen LogP contribution in [0.25, 0.3) is 0 Å². The second-order valence-electron chi connectivity index (χ2n) is 6.14. The first-order chi connectivity index (χ1) is 10.8. The summed E-state index contributed by atoms with van der Waals surface area (Å²) in [6, 6.07) is 6.31. The molecule has 0 atom stereocenters. The van der Waals surface area contributed by atoms with E-state index in [2.05, 4.69) is 15.6 Å². The van der Waals surface area contributed by atoms with Crippen LogP contribution in [0, 0.1) is 0 Å². The Morgan fingerprint density at radius 3 is 2.50 bits per heavy atom. The van der Waals surface area contributed by atoms with Crippen LogP contribution in [-0.4, -0.2) is 23.2 Å². The van der Waals surface area contributed by atoms with Gasteiger partial charge in [-0.1, -0.05) is 20.8 Å². The highest BCUT2D eigenvalue weighted by molar-refractivity contribution is 6.00. The van der Waals surface area contributed by atoms with E-state index in [0.717, 1.165) is 0 Å². The summed E-state index contributed by atoms with van der Waals surface area (Å²) in [5, 5.41) is 15.7. The lowest BCUT2D eigenvalue weighted by molar-refractivity contribution is 0.262. The van der Waals surface area contributed by atoms with Gasteiger partial charge in [0.05, 0.1) is 24.7 Å². The van der Waals surface area contributed by atoms with Crippen LogP contribution in [0.2, 0.25) is 0 Å². The molecule has 1 heterocycles. The summed E-state index contributed by atoms with van der Waals surface area (Å²) in [4.78, 5) is 16.0. The van der Waals surface area contributed by atoms with Crippen LogP contribution >= 0.6 is 12.4 Å². The number of hydrogen-bond acceptors (Lipinski definition) is 4. The highest BCUT2D eigenvalue weighted by atomic mass is 35.5. The molecular formula is C17H22ClN3O3. The maximum Gasteiger partial charge on any atom is 0.323 e. The molecule has 0 unspecified atom stereocenters. The fourth-order valence-electron chi connectivity index (χ4n) is 2.11. The number of hydrogen-bond donors (Lipinski definition) is 3. The quantitative estimate of drug-likeness (QED) is 0.725. The van der Waals surface area contributed by atoms with Crippen LogP contribution in [0.3, 0.4) is 0 Å². The van der Waals surface area contributed by atoms with E-state index in [1.807, 2.05) is 20.8 Å². The van der Waals surface area contributed by atoms with Gasteiger partial charge in [-0.25, -0.2) is 4.79 Å². The van der Waals surface area contributed by atoms with Crippen molar-refractivity contribution in [2.24, 2.45) is 0 Å². The number of carbonyl (C=O) groups is 1. The lowest BCUT2D eigenvalue weighted by Crippen LogP contribution is -2.20. The number of halogens is 1. The summed E-state index contributed by atoms with van der Waals surface area (Å²) < 4.78 is 5.25. The van der Waals surface area contributed by atoms with Gasteiger partial charge in [0.2, 0.25) is 0 Å². The van der Waals surface area contributed by atoms with E-state index in [9.17, 15) is 9.90 Å². The summed E-state index contributed by atoms with van der Waals surface area (Å²) >= 11 is 0. The van der Waals surface area contributed by atoms with E-state index in [0.29, 0.717) is 17.0 Å². The third-order valence-corrected chi connectivity index (χ3v) is 3.29. The van der Waals surface area contributed by atoms with E-state index in [1.54, 1.807) is 30.5 Å². The van der Waals surface area contributed by atoms with Gasteiger partial charge in [0.25, 0.3) is 0 Å². The van der Waals surface area contributed by atoms with Crippen molar-refractivity contribution in [1.29, 1.82) is 0 Å². The Bertz CT molecular complexity index is 700. The van der Waals surface area contributed by atoms with Gasteiger partial charge < -0.3 is 20.5 Å². The third-order valence-electron chi connectivity index (χ3n) is 3.29. The van der Waals surface area contributed by atoms with E-state index >= 15 is 0 Å². The highest BCUT2D eigenvalue weighted by Crippen LogP contribution is 2.39. The van der Waals surface area contributed by atoms with Crippen molar-refractivity contribution in [2.75, 3.05) is 17.7 Å². The molecule has 0 saturated heterocycles. The molecular weight excluding hydrogens is 330 g/mol. The number of nitrogens with zero attached hydrogens (tertiary/aromatic N) is 1. The number of urea groups is 1. The van der Waals surface area contributed by atoms with Crippen LogP contribution in [0.4, 0.5) is 16.2 Å². The number of nitrogens with one attached hydrogen (secondary N) is 2. The summed E-state index contributed by atoms with van der Waals surface area (Å²) in [7, 11) is 1.54. The van der Waals surface area contributed by atoms with Gasteiger partial charge in [-0.05, 0) is 23.6 Å². The number of pyridine rings is 1. The molecule has 1 aromatic carbocycles. The molecule has 0 spiro atoms. The summed E-state index contributed by atoms with van der Waals surface area (Å²) in [5.74, 6) is 0.587. The molecule has 0 aliphatic rings. The molecule has 0 fully saturated rings. The highest BCUT2D eigenvalue weighted by Gasteiger charge is 2.22. The third kappa shape index (κ3) is 4.76. The normalized spacial score (nSPS) is 10.5. The van der Waals surface area contributed by atoms with Crippen LogP contribution in [-0.2, 0) is 5.41 Å². The van der Waals surface area contributed by atoms with Gasteiger partial charge in [0, 0.05) is 17.8 Å². The molecule has 0 aliphatic heterocycles. The lowest BCUT2D eigenvalue weighted by atomic mass is 9.86. The van der Waals surface area contributed by atoms with E-state index in [-0.39, 0.29) is 29.3 Å². The number of aromatic hydroxyl groups is 1. The molecule has 130 valence electrons. The Labute approximate surface area is 147 Å². The number of phenols is 1. The number of anilines is 2. The zero-order valence-corrected chi connectivity index (χ0v) is 14.9. The first-order valence-electron chi connectivity index (χ1n) is 7.21. The minimum atomic E-state index is -0.471. The summed E-state index contributed by atoms with van der Waals surface area (Å²) in [5.41, 5.74) is 1.24. The van der Waals surface area contributed by atoms with Gasteiger partial charge in [0.1, 0.15) is 11.5 Å². The second-order valence-corrected chi connectivity index (χ2v) is 6.14. The van der Waals surface area contributed by atoms with Gasteiger partial charge in [-0.15, -0.1) is 12.4 Å². The molecule has 2 rings (SSSR count). The van der Waals surface area contributed by atoms with Crippen molar-refractivity contribution in [3.63, 3.8) is 0 Å². The number of methoxy groups -OCH3 is 1. The molecule has 24 heavy (non-hydrogen) atoms. The minimum Gasteiger partial charge on any atom is -0.505 e. The summed E-state index contributed by atoms with van der Waals surface area (Å²) in [6.45, 7) is 5.92. The smallest absolute Gasteiger partial charge is 0.323 e. The number of rotatable bonds is 3. The Balaban J connectivity index is 0.00000288. The molecule has 2 aromatic rings. The van der Waals surface area contributed by atoms with Gasteiger partial charge in [-0.3, -0.25) is 4.98 Å². The number of ether oxygens (including phenoxy) is 1. The first-order valence-corrected chi connectivity index (χ1v) is 7.21. The Morgan fingerprint density at radius 1 is 1.25 bits per heavy atom. The SMILES string of the molecule is COc1cc(NC(=O)Nc2cccnc2)c(O)c(C(C)(C)C)c1.Cl. The Hall–Kier alpha value is -2.47. The topological polar surface area (TPSA) is 83.5 Å². The van der Waals surface area contributed by atoms with Crippen LogP contribution < -0.4 is 15.4 Å². The molecule has 6 nitrogen and oxygen atoms in total. The van der Waals surface area contributed by atoms with Crippen molar-refractivity contribution >= 4 is 29.8 Å². The van der Waals surface area contributed by atoms with Crippen LogP contribution in [0.1, 0.15) is 26.3 Å². The lowest BCUT2D eigenvalue weighted by Gasteiger charge is -2.23. The monoisotopic (exact) mass is 351 g/mol. The fraction of sp³-hybridized carbons (Fsp3) is 0.294. The number of benzene rings is 1. The Morgan fingerprint density at radius 2 is 1.96 bits per heavy atom. The average molecular weight is 352 g/mol. The van der Waals surface area contributed by atoms with Crippen molar-refractivity contribution in [3.05, 3.63) is 42.2 Å². The number of amides is 2. The maximum atomic E-state index is 12.1. The number of aromatic nitrogens is 1. The van der Waals surface area contributed by atoms with Crippen LogP contribution in [0.5, 0.6) is 11.5 Å². The van der Waals surface area contributed by atoms with Crippen molar-refractivity contribution in [2.45, 2.75) is 26.2 Å². The maximum absolute atomic E-state index is 12.1. The van der Waals surface area contributed by atoms with Crippen molar-refractivity contribution in [3.8, 4) is 11.5 Å². The Kier molecular flexibility index (Phi) is 6.42. The zero-order chi connectivity index (χ0) is 17.0. The standard InChI is InChI=1S/C17H21N3O3.ClH/c1-17(2,3)13-8-12(23-4)9-14(15(13)21)20-16(22)19-11-6-5-7-18-10-11;/h5-10,21H,1-4H3,(H2,19,20,22);1H. The molecule has 0 bridgehead atoms. The molecule has 3 N–H and O–H groups in total. The molecule has 0 saturated carbocycles.